The molecule has 18 heavy (non-hydrogen) atoms. The Bertz CT molecular complexity index is 548. The first-order chi connectivity index (χ1) is 8.74. The predicted octanol–water partition coefficient (Wildman–Crippen LogP) is 1.55. The molecule has 0 unspecified atom stereocenters. The van der Waals surface area contributed by atoms with Crippen LogP contribution in [0, 0.1) is 0 Å². The summed E-state index contributed by atoms with van der Waals surface area (Å²) < 4.78 is 10.0. The lowest BCUT2D eigenvalue weighted by Gasteiger charge is -2.01. The fourth-order valence-electron chi connectivity index (χ4n) is 1.72. The molecule has 0 radical (unpaired) electrons. The van der Waals surface area contributed by atoms with Gasteiger partial charge in [-0.15, -0.1) is 0 Å². The van der Waals surface area contributed by atoms with Crippen molar-refractivity contribution in [2.24, 2.45) is 0 Å². The summed E-state index contributed by atoms with van der Waals surface area (Å²) in [7, 11) is 3.22. The van der Waals surface area contributed by atoms with E-state index in [1.54, 1.807) is 20.3 Å². The second kappa shape index (κ2) is 5.55. The number of aromatic nitrogens is 1. The van der Waals surface area contributed by atoms with Crippen molar-refractivity contribution in [1.29, 1.82) is 0 Å². The van der Waals surface area contributed by atoms with Gasteiger partial charge in [-0.1, -0.05) is 0 Å². The van der Waals surface area contributed by atoms with Crippen LogP contribution in [0.4, 0.5) is 0 Å². The van der Waals surface area contributed by atoms with E-state index in [1.807, 2.05) is 18.2 Å². The Kier molecular flexibility index (Phi) is 3.84. The van der Waals surface area contributed by atoms with E-state index in [9.17, 15) is 4.79 Å². The molecule has 0 aliphatic heterocycles. The minimum Gasteiger partial charge on any atom is -0.497 e. The number of hydrogen-bond donors (Lipinski definition) is 2. The molecule has 0 saturated carbocycles. The van der Waals surface area contributed by atoms with Gasteiger partial charge in [0.1, 0.15) is 11.4 Å². The Morgan fingerprint density at radius 3 is 2.89 bits per heavy atom. The summed E-state index contributed by atoms with van der Waals surface area (Å²) in [5.41, 5.74) is 1.45. The molecule has 0 aliphatic rings. The third-order valence-corrected chi connectivity index (χ3v) is 2.66. The lowest BCUT2D eigenvalue weighted by molar-refractivity contribution is 0.0933. The van der Waals surface area contributed by atoms with E-state index in [0.29, 0.717) is 18.8 Å². The first-order valence-corrected chi connectivity index (χ1v) is 5.68. The van der Waals surface area contributed by atoms with Crippen molar-refractivity contribution in [3.8, 4) is 5.75 Å². The van der Waals surface area contributed by atoms with Crippen LogP contribution in [0.3, 0.4) is 0 Å². The summed E-state index contributed by atoms with van der Waals surface area (Å²) in [4.78, 5) is 14.9. The number of benzene rings is 1. The third-order valence-electron chi connectivity index (χ3n) is 2.66. The van der Waals surface area contributed by atoms with Gasteiger partial charge in [0.05, 0.1) is 13.7 Å². The van der Waals surface area contributed by atoms with Gasteiger partial charge in [-0.25, -0.2) is 0 Å². The van der Waals surface area contributed by atoms with E-state index in [4.69, 9.17) is 9.47 Å². The number of H-pyrrole nitrogens is 1. The van der Waals surface area contributed by atoms with Gasteiger partial charge in [0, 0.05) is 24.6 Å². The molecule has 0 fully saturated rings. The van der Waals surface area contributed by atoms with Crippen molar-refractivity contribution < 1.29 is 14.3 Å². The molecular weight excluding hydrogens is 232 g/mol. The van der Waals surface area contributed by atoms with Crippen LogP contribution >= 0.6 is 0 Å². The maximum Gasteiger partial charge on any atom is 0.267 e. The quantitative estimate of drug-likeness (QED) is 0.789. The monoisotopic (exact) mass is 248 g/mol. The van der Waals surface area contributed by atoms with Gasteiger partial charge in [-0.2, -0.15) is 0 Å². The van der Waals surface area contributed by atoms with Gasteiger partial charge in [-0.3, -0.25) is 4.79 Å². The number of aromatic amines is 1. The predicted molar refractivity (Wildman–Crippen MR) is 69.1 cm³/mol. The Hall–Kier alpha value is -2.01. The summed E-state index contributed by atoms with van der Waals surface area (Å²) >= 11 is 0. The number of fused-ring (bicyclic) bond motifs is 1. The molecule has 2 N–H and O–H groups in total. The third kappa shape index (κ3) is 2.62. The molecule has 5 nitrogen and oxygen atoms in total. The van der Waals surface area contributed by atoms with E-state index in [2.05, 4.69) is 10.3 Å². The number of rotatable bonds is 5. The minimum absolute atomic E-state index is 0.137. The molecule has 1 amide bonds. The number of carbonyl (C=O) groups is 1. The SMILES string of the molecule is COCCNC(=O)c1cc2cc(OC)ccc2[nH]1. The number of hydrogen-bond acceptors (Lipinski definition) is 3. The van der Waals surface area contributed by atoms with Crippen LogP contribution in [-0.4, -0.2) is 38.3 Å². The van der Waals surface area contributed by atoms with Crippen LogP contribution in [0.15, 0.2) is 24.3 Å². The molecule has 1 aromatic carbocycles. The second-order valence-electron chi connectivity index (χ2n) is 3.88. The number of amides is 1. The molecule has 96 valence electrons. The van der Waals surface area contributed by atoms with Gasteiger partial charge >= 0.3 is 0 Å². The van der Waals surface area contributed by atoms with Gasteiger partial charge < -0.3 is 19.8 Å². The number of carbonyl (C=O) groups excluding carboxylic acids is 1. The normalized spacial score (nSPS) is 10.6. The van der Waals surface area contributed by atoms with Gasteiger partial charge in [0.15, 0.2) is 0 Å². The van der Waals surface area contributed by atoms with Crippen molar-refractivity contribution in [1.82, 2.24) is 10.3 Å². The van der Waals surface area contributed by atoms with Crippen molar-refractivity contribution in [3.63, 3.8) is 0 Å². The van der Waals surface area contributed by atoms with E-state index >= 15 is 0 Å². The van der Waals surface area contributed by atoms with E-state index in [-0.39, 0.29) is 5.91 Å². The fourth-order valence-corrected chi connectivity index (χ4v) is 1.72. The highest BCUT2D eigenvalue weighted by atomic mass is 16.5. The lowest BCUT2D eigenvalue weighted by atomic mass is 10.2. The van der Waals surface area contributed by atoms with Crippen LogP contribution in [0.5, 0.6) is 5.75 Å². The molecule has 2 rings (SSSR count). The average Bonchev–Trinajstić information content (AvgIpc) is 2.81. The summed E-state index contributed by atoms with van der Waals surface area (Å²) in [6.45, 7) is 0.994. The van der Waals surface area contributed by atoms with E-state index in [0.717, 1.165) is 16.7 Å². The second-order valence-corrected chi connectivity index (χ2v) is 3.88. The van der Waals surface area contributed by atoms with Crippen LogP contribution in [0.2, 0.25) is 0 Å². The highest BCUT2D eigenvalue weighted by Crippen LogP contribution is 2.21. The molecule has 0 spiro atoms. The standard InChI is InChI=1S/C13H16N2O3/c1-17-6-5-14-13(16)12-8-9-7-10(18-2)3-4-11(9)15-12/h3-4,7-8,15H,5-6H2,1-2H3,(H,14,16). The number of ether oxygens (including phenoxy) is 2. The molecule has 0 bridgehead atoms. The summed E-state index contributed by atoms with van der Waals surface area (Å²) in [6.07, 6.45) is 0. The number of nitrogens with one attached hydrogen (secondary N) is 2. The molecule has 5 heteroatoms. The molecule has 0 saturated heterocycles. The Labute approximate surface area is 105 Å². The highest BCUT2D eigenvalue weighted by molar-refractivity contribution is 5.98. The molecule has 1 aromatic heterocycles. The topological polar surface area (TPSA) is 63.4 Å². The maximum atomic E-state index is 11.8. The summed E-state index contributed by atoms with van der Waals surface area (Å²) in [6, 6.07) is 7.43. The van der Waals surface area contributed by atoms with Crippen LogP contribution in [-0.2, 0) is 4.74 Å². The molecule has 1 heterocycles. The first-order valence-electron chi connectivity index (χ1n) is 5.68. The minimum atomic E-state index is -0.137. The first kappa shape index (κ1) is 12.4. The van der Waals surface area contributed by atoms with E-state index in [1.165, 1.54) is 0 Å². The highest BCUT2D eigenvalue weighted by Gasteiger charge is 2.09. The largest absolute Gasteiger partial charge is 0.497 e. The molecule has 0 aliphatic carbocycles. The van der Waals surface area contributed by atoms with Gasteiger partial charge in [-0.05, 0) is 24.3 Å². The zero-order valence-electron chi connectivity index (χ0n) is 10.4. The van der Waals surface area contributed by atoms with Crippen molar-refractivity contribution in [2.45, 2.75) is 0 Å². The fraction of sp³-hybridized carbons (Fsp3) is 0.308. The van der Waals surface area contributed by atoms with Crippen molar-refractivity contribution >= 4 is 16.8 Å². The molecule has 0 atom stereocenters. The summed E-state index contributed by atoms with van der Waals surface area (Å²) in [5.74, 6) is 0.634. The zero-order valence-corrected chi connectivity index (χ0v) is 10.4. The van der Waals surface area contributed by atoms with E-state index < -0.39 is 0 Å². The van der Waals surface area contributed by atoms with Crippen molar-refractivity contribution in [2.75, 3.05) is 27.4 Å². The van der Waals surface area contributed by atoms with Gasteiger partial charge in [0.2, 0.25) is 0 Å². The zero-order chi connectivity index (χ0) is 13.0. The number of methoxy groups -OCH3 is 2. The maximum absolute atomic E-state index is 11.8. The molecule has 2 aromatic rings. The van der Waals surface area contributed by atoms with Crippen LogP contribution in [0.25, 0.3) is 10.9 Å². The average molecular weight is 248 g/mol. The van der Waals surface area contributed by atoms with Gasteiger partial charge in [0.25, 0.3) is 5.91 Å². The lowest BCUT2D eigenvalue weighted by Crippen LogP contribution is -2.27. The van der Waals surface area contributed by atoms with Crippen molar-refractivity contribution in [3.05, 3.63) is 30.0 Å². The van der Waals surface area contributed by atoms with Crippen LogP contribution < -0.4 is 10.1 Å². The summed E-state index contributed by atoms with van der Waals surface area (Å²) in [5, 5.41) is 3.71. The Balaban J connectivity index is 2.16. The molecular formula is C13H16N2O3. The smallest absolute Gasteiger partial charge is 0.267 e. The Morgan fingerprint density at radius 2 is 2.17 bits per heavy atom. The Morgan fingerprint density at radius 1 is 1.33 bits per heavy atom. The van der Waals surface area contributed by atoms with Crippen LogP contribution in [0.1, 0.15) is 10.5 Å².